The Hall–Kier alpha value is -2.72. The summed E-state index contributed by atoms with van der Waals surface area (Å²) in [7, 11) is 0. The quantitative estimate of drug-likeness (QED) is 0.502. The normalized spacial score (nSPS) is 20.6. The molecule has 2 fully saturated rings. The Kier molecular flexibility index (Phi) is 7.82. The second-order valence-electron chi connectivity index (χ2n) is 9.34. The average Bonchev–Trinajstić information content (AvgIpc) is 3.02. The first kappa shape index (κ1) is 25.9. The van der Waals surface area contributed by atoms with Crippen molar-refractivity contribution in [3.05, 3.63) is 28.2 Å². The van der Waals surface area contributed by atoms with Gasteiger partial charge in [-0.3, -0.25) is 14.9 Å². The van der Waals surface area contributed by atoms with Crippen LogP contribution >= 0.6 is 23.2 Å². The number of hydrogen-bond acceptors (Lipinski definition) is 6. The highest BCUT2D eigenvalue weighted by molar-refractivity contribution is 6.35. The molecule has 0 radical (unpaired) electrons. The van der Waals surface area contributed by atoms with Crippen LogP contribution in [-0.2, 0) is 14.3 Å². The van der Waals surface area contributed by atoms with Gasteiger partial charge in [0.05, 0.1) is 6.54 Å². The summed E-state index contributed by atoms with van der Waals surface area (Å²) >= 11 is 12.2. The average molecular weight is 514 g/mol. The summed E-state index contributed by atoms with van der Waals surface area (Å²) < 4.78 is 5.20. The zero-order chi connectivity index (χ0) is 25.1. The fraction of sp³-hybridized carbons (Fsp3) is 0.545. The third kappa shape index (κ3) is 6.66. The summed E-state index contributed by atoms with van der Waals surface area (Å²) in [6.45, 7) is 7.13. The zero-order valence-electron chi connectivity index (χ0n) is 19.4. The van der Waals surface area contributed by atoms with E-state index in [0.29, 0.717) is 36.2 Å². The summed E-state index contributed by atoms with van der Waals surface area (Å²) in [5.74, 6) is -0.738. The van der Waals surface area contributed by atoms with Crippen LogP contribution in [0, 0.1) is 0 Å². The van der Waals surface area contributed by atoms with Gasteiger partial charge >= 0.3 is 12.1 Å². The predicted molar refractivity (Wildman–Crippen MR) is 128 cm³/mol. The lowest BCUT2D eigenvalue weighted by Crippen LogP contribution is -2.56. The van der Waals surface area contributed by atoms with Crippen molar-refractivity contribution in [3.63, 3.8) is 0 Å². The summed E-state index contributed by atoms with van der Waals surface area (Å²) in [4.78, 5) is 53.0. The van der Waals surface area contributed by atoms with Crippen molar-refractivity contribution in [2.45, 2.75) is 44.8 Å². The first-order chi connectivity index (χ1) is 15.9. The van der Waals surface area contributed by atoms with E-state index in [1.807, 2.05) is 12.1 Å². The number of rotatable bonds is 6. The molecule has 1 aromatic rings. The van der Waals surface area contributed by atoms with Crippen LogP contribution in [0.2, 0.25) is 10.0 Å². The molecule has 0 spiro atoms. The third-order valence-corrected chi connectivity index (χ3v) is 5.99. The van der Waals surface area contributed by atoms with Gasteiger partial charge in [0, 0.05) is 48.3 Å². The number of imide groups is 1. The number of nitrogens with one attached hydrogen (secondary N) is 3. The molecule has 0 saturated carbocycles. The second-order valence-corrected chi connectivity index (χ2v) is 10.2. The molecular formula is C22H29Cl2N5O5. The van der Waals surface area contributed by atoms with Crippen LogP contribution in [0.5, 0.6) is 0 Å². The molecule has 3 N–H and O–H groups in total. The van der Waals surface area contributed by atoms with Crippen molar-refractivity contribution < 1.29 is 23.9 Å². The smallest absolute Gasteiger partial charge is 0.407 e. The fourth-order valence-corrected chi connectivity index (χ4v) is 4.38. The highest BCUT2D eigenvalue weighted by Gasteiger charge is 2.46. The molecule has 34 heavy (non-hydrogen) atoms. The molecule has 3 rings (SSSR count). The van der Waals surface area contributed by atoms with Gasteiger partial charge in [0.2, 0.25) is 5.91 Å². The van der Waals surface area contributed by atoms with Crippen molar-refractivity contribution in [2.75, 3.05) is 37.6 Å². The molecule has 0 aliphatic carbocycles. The van der Waals surface area contributed by atoms with Crippen LogP contribution in [0.3, 0.4) is 0 Å². The number of benzene rings is 1. The number of hydrogen-bond donors (Lipinski definition) is 3. The summed E-state index contributed by atoms with van der Waals surface area (Å²) in [5, 5.41) is 8.35. The molecule has 186 valence electrons. The Morgan fingerprint density at radius 3 is 2.24 bits per heavy atom. The second kappa shape index (κ2) is 10.3. The number of ether oxygens (including phenoxy) is 1. The van der Waals surface area contributed by atoms with E-state index in [4.69, 9.17) is 27.9 Å². The standard InChI is InChI=1S/C22H29Cl2N5O5/c1-21(2,3)34-20(33)25-13-22(18(31)26-19(32)27-22)5-4-17(30)29-8-6-28(7-9-29)16-11-14(23)10-15(24)12-16/h10-12H,4-9,13H2,1-3H3,(H,25,33)(H2,26,27,31,32). The van der Waals surface area contributed by atoms with Crippen molar-refractivity contribution in [1.29, 1.82) is 0 Å². The molecule has 0 bridgehead atoms. The van der Waals surface area contributed by atoms with E-state index in [0.717, 1.165) is 5.69 Å². The van der Waals surface area contributed by atoms with Crippen LogP contribution in [-0.4, -0.2) is 72.7 Å². The molecule has 1 unspecified atom stereocenters. The molecule has 2 aliphatic rings. The number of anilines is 1. The van der Waals surface area contributed by atoms with Gasteiger partial charge in [-0.2, -0.15) is 0 Å². The predicted octanol–water partition coefficient (Wildman–Crippen LogP) is 2.53. The summed E-state index contributed by atoms with van der Waals surface area (Å²) in [5.41, 5.74) is -1.25. The molecule has 5 amide bonds. The topological polar surface area (TPSA) is 120 Å². The largest absolute Gasteiger partial charge is 0.444 e. The van der Waals surface area contributed by atoms with E-state index < -0.39 is 29.2 Å². The van der Waals surface area contributed by atoms with Gasteiger partial charge in [-0.15, -0.1) is 0 Å². The van der Waals surface area contributed by atoms with Crippen LogP contribution in [0.15, 0.2) is 18.2 Å². The van der Waals surface area contributed by atoms with E-state index in [9.17, 15) is 19.2 Å². The maximum atomic E-state index is 12.9. The third-order valence-electron chi connectivity index (χ3n) is 5.56. The van der Waals surface area contributed by atoms with Gasteiger partial charge < -0.3 is 25.2 Å². The summed E-state index contributed by atoms with van der Waals surface area (Å²) in [6, 6.07) is 4.65. The van der Waals surface area contributed by atoms with Crippen LogP contribution < -0.4 is 20.9 Å². The van der Waals surface area contributed by atoms with Crippen LogP contribution in [0.1, 0.15) is 33.6 Å². The Bertz CT molecular complexity index is 955. The Balaban J connectivity index is 1.56. The number of amides is 5. The SMILES string of the molecule is CC(C)(C)OC(=O)NCC1(CCC(=O)N2CCN(c3cc(Cl)cc(Cl)c3)CC2)NC(=O)NC1=O. The van der Waals surface area contributed by atoms with E-state index in [1.165, 1.54) is 0 Å². The minimum atomic E-state index is -1.43. The van der Waals surface area contributed by atoms with Crippen molar-refractivity contribution in [3.8, 4) is 0 Å². The monoisotopic (exact) mass is 513 g/mol. The number of alkyl carbamates (subject to hydrolysis) is 1. The van der Waals surface area contributed by atoms with E-state index >= 15 is 0 Å². The van der Waals surface area contributed by atoms with Gasteiger partial charge in [-0.05, 0) is 45.4 Å². The van der Waals surface area contributed by atoms with Gasteiger partial charge in [0.1, 0.15) is 11.1 Å². The molecule has 2 heterocycles. The van der Waals surface area contributed by atoms with Crippen molar-refractivity contribution >= 4 is 52.8 Å². The van der Waals surface area contributed by atoms with Gasteiger partial charge in [0.15, 0.2) is 0 Å². The fourth-order valence-electron chi connectivity index (χ4n) is 3.87. The first-order valence-corrected chi connectivity index (χ1v) is 11.7. The number of piperazine rings is 1. The number of urea groups is 1. The number of carbonyl (C=O) groups is 4. The lowest BCUT2D eigenvalue weighted by atomic mass is 9.93. The molecular weight excluding hydrogens is 485 g/mol. The van der Waals surface area contributed by atoms with Gasteiger partial charge in [0.25, 0.3) is 5.91 Å². The lowest BCUT2D eigenvalue weighted by Gasteiger charge is -2.37. The molecule has 2 saturated heterocycles. The van der Waals surface area contributed by atoms with Crippen molar-refractivity contribution in [1.82, 2.24) is 20.9 Å². The van der Waals surface area contributed by atoms with E-state index in [-0.39, 0.29) is 25.3 Å². The van der Waals surface area contributed by atoms with E-state index in [2.05, 4.69) is 20.9 Å². The van der Waals surface area contributed by atoms with Gasteiger partial charge in [-0.1, -0.05) is 23.2 Å². The Morgan fingerprint density at radius 2 is 1.71 bits per heavy atom. The maximum Gasteiger partial charge on any atom is 0.407 e. The van der Waals surface area contributed by atoms with E-state index in [1.54, 1.807) is 31.7 Å². The Morgan fingerprint density at radius 1 is 1.09 bits per heavy atom. The number of nitrogens with zero attached hydrogens (tertiary/aromatic N) is 2. The first-order valence-electron chi connectivity index (χ1n) is 11.0. The molecule has 10 nitrogen and oxygen atoms in total. The zero-order valence-corrected chi connectivity index (χ0v) is 20.9. The highest BCUT2D eigenvalue weighted by atomic mass is 35.5. The molecule has 12 heteroatoms. The highest BCUT2D eigenvalue weighted by Crippen LogP contribution is 2.26. The minimum absolute atomic E-state index is 0.0205. The minimum Gasteiger partial charge on any atom is -0.444 e. The van der Waals surface area contributed by atoms with Crippen molar-refractivity contribution in [2.24, 2.45) is 0 Å². The Labute approximate surface area is 208 Å². The lowest BCUT2D eigenvalue weighted by molar-refractivity contribution is -0.132. The molecule has 2 aliphatic heterocycles. The molecule has 1 atom stereocenters. The molecule has 0 aromatic heterocycles. The number of carbonyl (C=O) groups excluding carboxylic acids is 4. The van der Waals surface area contributed by atoms with Crippen LogP contribution in [0.25, 0.3) is 0 Å². The summed E-state index contributed by atoms with van der Waals surface area (Å²) in [6.07, 6.45) is -0.667. The van der Waals surface area contributed by atoms with Crippen LogP contribution in [0.4, 0.5) is 15.3 Å². The van der Waals surface area contributed by atoms with Gasteiger partial charge in [-0.25, -0.2) is 9.59 Å². The molecule has 1 aromatic carbocycles. The number of halogens is 2. The maximum absolute atomic E-state index is 12.9.